The molecule has 39 heavy (non-hydrogen) atoms. The minimum Gasteiger partial charge on any atom is -0.457 e. The summed E-state index contributed by atoms with van der Waals surface area (Å²) in [6.07, 6.45) is 6.56. The number of hydrogen-bond donors (Lipinski definition) is 4. The lowest BCUT2D eigenvalue weighted by atomic mass is 9.88. The first-order valence-corrected chi connectivity index (χ1v) is 14.8. The molecule has 0 aliphatic carbocycles. The maximum atomic E-state index is 12.6. The maximum Gasteiger partial charge on any atom is 0.309 e. The molecule has 0 saturated heterocycles. The molecule has 0 radical (unpaired) electrons. The van der Waals surface area contributed by atoms with Gasteiger partial charge in [0.15, 0.2) is 0 Å². The lowest BCUT2D eigenvalue weighted by Gasteiger charge is -2.32. The van der Waals surface area contributed by atoms with Gasteiger partial charge in [0, 0.05) is 17.7 Å². The van der Waals surface area contributed by atoms with Gasteiger partial charge in [-0.15, -0.1) is 0 Å². The third kappa shape index (κ3) is 12.3. The van der Waals surface area contributed by atoms with Crippen molar-refractivity contribution in [3.8, 4) is 0 Å². The smallest absolute Gasteiger partial charge is 0.309 e. The summed E-state index contributed by atoms with van der Waals surface area (Å²) in [5.74, 6) is -1.42. The Bertz CT molecular complexity index is 867. The molecule has 1 rings (SSSR count). The zero-order valence-electron chi connectivity index (χ0n) is 24.4. The van der Waals surface area contributed by atoms with Gasteiger partial charge in [0.2, 0.25) is 0 Å². The summed E-state index contributed by atoms with van der Waals surface area (Å²) in [5.41, 5.74) is -0.652. The third-order valence-corrected chi connectivity index (χ3v) is 8.82. The molecule has 10 atom stereocenters. The SMILES string of the molecule is CCC(O)C(C)C(Br)C(O)CC(C)/C=C/C=C(\C)C1OC(=O)CC(O)CCC(C)(O)C(OC(C)=O)/C=C\C1C. The van der Waals surface area contributed by atoms with Crippen molar-refractivity contribution in [3.05, 3.63) is 36.0 Å². The fourth-order valence-electron chi connectivity index (χ4n) is 4.65. The number of rotatable bonds is 10. The van der Waals surface area contributed by atoms with E-state index < -0.39 is 48.1 Å². The summed E-state index contributed by atoms with van der Waals surface area (Å²) in [7, 11) is 0. The predicted octanol–water partition coefficient (Wildman–Crippen LogP) is 4.38. The van der Waals surface area contributed by atoms with Crippen molar-refractivity contribution >= 4 is 27.9 Å². The number of aliphatic hydroxyl groups excluding tert-OH is 3. The minimum absolute atomic E-state index is 0.0492. The molecular weight excluding hydrogens is 568 g/mol. The number of hydrogen-bond acceptors (Lipinski definition) is 8. The average molecular weight is 618 g/mol. The maximum absolute atomic E-state index is 12.6. The van der Waals surface area contributed by atoms with Crippen LogP contribution >= 0.6 is 15.9 Å². The highest BCUT2D eigenvalue weighted by Gasteiger charge is 2.35. The van der Waals surface area contributed by atoms with E-state index in [2.05, 4.69) is 15.9 Å². The second-order valence-corrected chi connectivity index (χ2v) is 12.4. The zero-order chi connectivity index (χ0) is 29.9. The Morgan fingerprint density at radius 3 is 2.49 bits per heavy atom. The van der Waals surface area contributed by atoms with Crippen molar-refractivity contribution in [3.63, 3.8) is 0 Å². The standard InChI is InChI=1S/C30H49BrO8/c1-8-24(34)21(5)28(31)25(35)16-18(2)10-9-11-19(3)29-20(4)12-13-26(38-22(6)32)30(7,37)15-14-23(33)17-27(36)39-29/h9-13,18,20-21,23-26,28-29,33-35,37H,8,14-17H2,1-7H3/b10-9+,13-12-,19-11+. The van der Waals surface area contributed by atoms with Crippen molar-refractivity contribution in [1.82, 2.24) is 0 Å². The average Bonchev–Trinajstić information content (AvgIpc) is 2.85. The summed E-state index contributed by atoms with van der Waals surface area (Å²) in [4.78, 5) is 24.0. The molecule has 8 nitrogen and oxygen atoms in total. The first-order valence-electron chi connectivity index (χ1n) is 13.9. The van der Waals surface area contributed by atoms with Gasteiger partial charge in [-0.3, -0.25) is 9.59 Å². The molecule has 0 amide bonds. The van der Waals surface area contributed by atoms with Gasteiger partial charge in [-0.1, -0.05) is 67.9 Å². The number of halogens is 1. The van der Waals surface area contributed by atoms with E-state index >= 15 is 0 Å². The highest BCUT2D eigenvalue weighted by molar-refractivity contribution is 9.09. The Labute approximate surface area is 242 Å². The van der Waals surface area contributed by atoms with Gasteiger partial charge >= 0.3 is 11.9 Å². The van der Waals surface area contributed by atoms with Crippen molar-refractivity contribution < 1.29 is 39.5 Å². The van der Waals surface area contributed by atoms with Crippen LogP contribution in [-0.2, 0) is 19.1 Å². The summed E-state index contributed by atoms with van der Waals surface area (Å²) in [6.45, 7) is 12.3. The molecule has 0 bridgehead atoms. The van der Waals surface area contributed by atoms with Crippen molar-refractivity contribution in [2.24, 2.45) is 17.8 Å². The number of allylic oxidation sites excluding steroid dienone is 3. The van der Waals surface area contributed by atoms with Crippen LogP contribution < -0.4 is 0 Å². The number of alkyl halides is 1. The molecular formula is C30H49BrO8. The highest BCUT2D eigenvalue weighted by atomic mass is 79.9. The molecule has 0 aromatic heterocycles. The molecule has 0 fully saturated rings. The second-order valence-electron chi connectivity index (χ2n) is 11.3. The molecule has 0 aromatic rings. The van der Waals surface area contributed by atoms with E-state index in [1.165, 1.54) is 6.92 Å². The lowest BCUT2D eigenvalue weighted by Crippen LogP contribution is -2.42. The van der Waals surface area contributed by atoms with Crippen LogP contribution in [0, 0.1) is 17.8 Å². The fraction of sp³-hybridized carbons (Fsp3) is 0.733. The molecule has 10 unspecified atom stereocenters. The first-order chi connectivity index (χ1) is 18.1. The van der Waals surface area contributed by atoms with Crippen molar-refractivity contribution in [1.29, 1.82) is 0 Å². The molecule has 1 aliphatic rings. The highest BCUT2D eigenvalue weighted by Crippen LogP contribution is 2.28. The molecule has 0 aromatic carbocycles. The van der Waals surface area contributed by atoms with Crippen LogP contribution in [0.5, 0.6) is 0 Å². The van der Waals surface area contributed by atoms with E-state index in [0.717, 1.165) is 5.57 Å². The van der Waals surface area contributed by atoms with E-state index in [4.69, 9.17) is 9.47 Å². The first kappa shape index (κ1) is 35.5. The van der Waals surface area contributed by atoms with Crippen LogP contribution in [0.4, 0.5) is 0 Å². The van der Waals surface area contributed by atoms with E-state index in [-0.39, 0.29) is 41.8 Å². The third-order valence-electron chi connectivity index (χ3n) is 7.37. The summed E-state index contributed by atoms with van der Waals surface area (Å²) in [6, 6.07) is 0. The topological polar surface area (TPSA) is 134 Å². The molecule has 0 saturated carbocycles. The fourth-order valence-corrected chi connectivity index (χ4v) is 5.21. The van der Waals surface area contributed by atoms with E-state index in [9.17, 15) is 30.0 Å². The molecule has 9 heteroatoms. The van der Waals surface area contributed by atoms with Crippen LogP contribution in [0.1, 0.15) is 80.6 Å². The van der Waals surface area contributed by atoms with Gasteiger partial charge < -0.3 is 29.9 Å². The Morgan fingerprint density at radius 2 is 1.90 bits per heavy atom. The van der Waals surface area contributed by atoms with E-state index in [0.29, 0.717) is 12.8 Å². The summed E-state index contributed by atoms with van der Waals surface area (Å²) >= 11 is 3.54. The summed E-state index contributed by atoms with van der Waals surface area (Å²) < 4.78 is 11.1. The lowest BCUT2D eigenvalue weighted by molar-refractivity contribution is -0.157. The second kappa shape index (κ2) is 16.7. The van der Waals surface area contributed by atoms with E-state index in [1.807, 2.05) is 52.8 Å². The quantitative estimate of drug-likeness (QED) is 0.123. The molecule has 1 heterocycles. The molecule has 0 spiro atoms. The van der Waals surface area contributed by atoms with Crippen LogP contribution in [0.2, 0.25) is 0 Å². The Kier molecular flexibility index (Phi) is 15.2. The Hall–Kier alpha value is -1.52. The number of ether oxygens (including phenoxy) is 2. The van der Waals surface area contributed by atoms with Gasteiger partial charge in [-0.2, -0.15) is 0 Å². The largest absolute Gasteiger partial charge is 0.457 e. The molecule has 1 aliphatic heterocycles. The Balaban J connectivity index is 3.07. The number of carbonyl (C=O) groups is 2. The van der Waals surface area contributed by atoms with Gasteiger partial charge in [-0.25, -0.2) is 0 Å². The van der Waals surface area contributed by atoms with Crippen LogP contribution in [-0.4, -0.2) is 73.3 Å². The van der Waals surface area contributed by atoms with Crippen LogP contribution in [0.3, 0.4) is 0 Å². The van der Waals surface area contributed by atoms with Gasteiger partial charge in [0.05, 0.1) is 24.7 Å². The van der Waals surface area contributed by atoms with Crippen molar-refractivity contribution in [2.45, 2.75) is 122 Å². The minimum atomic E-state index is -1.42. The molecule has 224 valence electrons. The number of esters is 2. The monoisotopic (exact) mass is 616 g/mol. The number of cyclic esters (lactones) is 1. The van der Waals surface area contributed by atoms with Gasteiger partial charge in [0.1, 0.15) is 17.8 Å². The number of carbonyl (C=O) groups excluding carboxylic acids is 2. The van der Waals surface area contributed by atoms with E-state index in [1.54, 1.807) is 19.1 Å². The predicted molar refractivity (Wildman–Crippen MR) is 155 cm³/mol. The van der Waals surface area contributed by atoms with Crippen LogP contribution in [0.25, 0.3) is 0 Å². The van der Waals surface area contributed by atoms with Gasteiger partial charge in [-0.05, 0) is 63.0 Å². The van der Waals surface area contributed by atoms with Crippen molar-refractivity contribution in [2.75, 3.05) is 0 Å². The van der Waals surface area contributed by atoms with Crippen LogP contribution in [0.15, 0.2) is 36.0 Å². The normalized spacial score (nSPS) is 32.2. The summed E-state index contributed by atoms with van der Waals surface area (Å²) in [5, 5.41) is 42.0. The Morgan fingerprint density at radius 1 is 1.26 bits per heavy atom. The van der Waals surface area contributed by atoms with Gasteiger partial charge in [0.25, 0.3) is 0 Å². The zero-order valence-corrected chi connectivity index (χ0v) is 26.0. The number of aliphatic hydroxyl groups is 4. The molecule has 4 N–H and O–H groups in total.